The van der Waals surface area contributed by atoms with Crippen molar-refractivity contribution in [2.24, 2.45) is 0 Å². The molecule has 0 aromatic heterocycles. The second kappa shape index (κ2) is 8.04. The maximum atomic E-state index is 12.5. The van der Waals surface area contributed by atoms with Crippen molar-refractivity contribution in [3.63, 3.8) is 0 Å². The van der Waals surface area contributed by atoms with Gasteiger partial charge < -0.3 is 9.05 Å². The summed E-state index contributed by atoms with van der Waals surface area (Å²) in [6.45, 7) is 6.72. The van der Waals surface area contributed by atoms with Crippen LogP contribution < -0.4 is 0 Å². The van der Waals surface area contributed by atoms with Gasteiger partial charge in [-0.1, -0.05) is 22.0 Å². The minimum absolute atomic E-state index is 0.0393. The van der Waals surface area contributed by atoms with Crippen molar-refractivity contribution < 1.29 is 26.2 Å². The molecule has 0 fully saturated rings. The van der Waals surface area contributed by atoms with E-state index in [0.29, 0.717) is 4.47 Å². The van der Waals surface area contributed by atoms with E-state index in [1.54, 1.807) is 39.8 Å². The monoisotopic (exact) mass is 414 g/mol. The van der Waals surface area contributed by atoms with Gasteiger partial charge in [0.05, 0.1) is 17.1 Å². The lowest BCUT2D eigenvalue weighted by Crippen LogP contribution is -2.14. The summed E-state index contributed by atoms with van der Waals surface area (Å²) in [5, 5.41) is 0. The molecule has 9 heteroatoms. The number of benzene rings is 1. The van der Waals surface area contributed by atoms with Crippen LogP contribution in [0, 0.1) is 0 Å². The van der Waals surface area contributed by atoms with E-state index in [1.165, 1.54) is 12.1 Å². The molecule has 0 saturated carbocycles. The van der Waals surface area contributed by atoms with Crippen molar-refractivity contribution in [2.75, 3.05) is 6.35 Å². The summed E-state index contributed by atoms with van der Waals surface area (Å²) < 4.78 is 52.7. The first kappa shape index (κ1) is 19.8. The van der Waals surface area contributed by atoms with Crippen LogP contribution in [0.25, 0.3) is 0 Å². The lowest BCUT2D eigenvalue weighted by molar-refractivity contribution is 0.129. The maximum Gasteiger partial charge on any atom is 0.358 e. The summed E-state index contributed by atoms with van der Waals surface area (Å²) in [4.78, 5) is -0.0393. The van der Waals surface area contributed by atoms with Crippen LogP contribution in [-0.2, 0) is 27.9 Å². The van der Waals surface area contributed by atoms with E-state index in [-0.39, 0.29) is 17.1 Å². The molecule has 0 saturated heterocycles. The van der Waals surface area contributed by atoms with Crippen molar-refractivity contribution >= 4 is 33.6 Å². The Balaban J connectivity index is 2.90. The highest BCUT2D eigenvalue weighted by molar-refractivity contribution is 9.10. The predicted molar refractivity (Wildman–Crippen MR) is 87.3 cm³/mol. The molecule has 0 spiro atoms. The van der Waals surface area contributed by atoms with Gasteiger partial charge in [-0.2, -0.15) is 8.42 Å². The maximum absolute atomic E-state index is 12.5. The zero-order valence-corrected chi connectivity index (χ0v) is 16.2. The van der Waals surface area contributed by atoms with E-state index >= 15 is 0 Å². The first-order chi connectivity index (χ1) is 10.0. The van der Waals surface area contributed by atoms with E-state index in [0.717, 1.165) is 0 Å². The molecule has 6 nitrogen and oxygen atoms in total. The van der Waals surface area contributed by atoms with E-state index < -0.39 is 24.1 Å². The Morgan fingerprint density at radius 1 is 1.14 bits per heavy atom. The minimum atomic E-state index is -4.05. The Bertz CT molecular complexity index is 630. The quantitative estimate of drug-likeness (QED) is 0.469. The molecule has 0 heterocycles. The van der Waals surface area contributed by atoms with Gasteiger partial charge in [-0.25, -0.2) is 0 Å². The molecular weight excluding hydrogens is 395 g/mol. The standard InChI is InChI=1S/C13H20BrO6PS/c1-10(2)19-21(15,20-11(3)4)9-18-22(16,17)13-7-5-6-12(14)8-13/h5-8,10-11H,9H2,1-4H3. The van der Waals surface area contributed by atoms with Gasteiger partial charge in [-0.15, -0.1) is 0 Å². The van der Waals surface area contributed by atoms with Crippen molar-refractivity contribution in [2.45, 2.75) is 44.8 Å². The van der Waals surface area contributed by atoms with Gasteiger partial charge >= 0.3 is 7.60 Å². The highest BCUT2D eigenvalue weighted by Gasteiger charge is 2.31. The normalized spacial score (nSPS) is 13.0. The molecule has 1 aromatic rings. The molecule has 0 aliphatic heterocycles. The van der Waals surface area contributed by atoms with Gasteiger partial charge in [0.25, 0.3) is 10.1 Å². The van der Waals surface area contributed by atoms with Gasteiger partial charge in [0, 0.05) is 4.47 Å². The van der Waals surface area contributed by atoms with Gasteiger partial charge in [0.15, 0.2) is 6.35 Å². The molecular formula is C13H20BrO6PS. The SMILES string of the molecule is CC(C)OP(=O)(COS(=O)(=O)c1cccc(Br)c1)OC(C)C. The first-order valence-electron chi connectivity index (χ1n) is 6.65. The average Bonchev–Trinajstić information content (AvgIpc) is 2.35. The lowest BCUT2D eigenvalue weighted by atomic mass is 10.4. The van der Waals surface area contributed by atoms with E-state index in [1.807, 2.05) is 0 Å². The zero-order chi connectivity index (χ0) is 17.0. The van der Waals surface area contributed by atoms with Gasteiger partial charge in [-0.3, -0.25) is 8.75 Å². The fourth-order valence-electron chi connectivity index (χ4n) is 1.55. The summed E-state index contributed by atoms with van der Waals surface area (Å²) in [6, 6.07) is 6.04. The van der Waals surface area contributed by atoms with Crippen LogP contribution in [0.2, 0.25) is 0 Å². The Morgan fingerprint density at radius 3 is 2.14 bits per heavy atom. The Labute approximate surface area is 139 Å². The van der Waals surface area contributed by atoms with Crippen molar-refractivity contribution in [3.05, 3.63) is 28.7 Å². The third kappa shape index (κ3) is 6.48. The van der Waals surface area contributed by atoms with Crippen LogP contribution in [-0.4, -0.2) is 27.0 Å². The molecule has 0 amide bonds. The molecule has 0 aliphatic rings. The Kier molecular flexibility index (Phi) is 7.23. The Morgan fingerprint density at radius 2 is 1.68 bits per heavy atom. The van der Waals surface area contributed by atoms with E-state index in [2.05, 4.69) is 15.9 Å². The molecule has 1 rings (SSSR count). The summed E-state index contributed by atoms with van der Waals surface area (Å²) in [7, 11) is -7.72. The molecule has 0 atom stereocenters. The van der Waals surface area contributed by atoms with Gasteiger partial charge in [0.2, 0.25) is 0 Å². The largest absolute Gasteiger partial charge is 0.358 e. The van der Waals surface area contributed by atoms with Crippen LogP contribution >= 0.6 is 23.5 Å². The van der Waals surface area contributed by atoms with Crippen LogP contribution in [0.5, 0.6) is 0 Å². The lowest BCUT2D eigenvalue weighted by Gasteiger charge is -2.22. The van der Waals surface area contributed by atoms with Crippen molar-refractivity contribution in [1.29, 1.82) is 0 Å². The molecule has 126 valence electrons. The topological polar surface area (TPSA) is 78.9 Å². The predicted octanol–water partition coefficient (Wildman–Crippen LogP) is 4.16. The third-order valence-electron chi connectivity index (χ3n) is 2.19. The van der Waals surface area contributed by atoms with Gasteiger partial charge in [-0.05, 0) is 45.9 Å². The minimum Gasteiger partial charge on any atom is -0.304 e. The van der Waals surface area contributed by atoms with Crippen LogP contribution in [0.1, 0.15) is 27.7 Å². The fourth-order valence-corrected chi connectivity index (χ4v) is 5.28. The first-order valence-corrected chi connectivity index (χ1v) is 10.6. The number of halogens is 1. The summed E-state index contributed by atoms with van der Waals surface area (Å²) in [6.07, 6.45) is -1.44. The second-order valence-electron chi connectivity index (χ2n) is 5.08. The third-order valence-corrected chi connectivity index (χ3v) is 6.05. The molecule has 0 radical (unpaired) electrons. The number of rotatable bonds is 8. The van der Waals surface area contributed by atoms with Crippen molar-refractivity contribution in [3.8, 4) is 0 Å². The smallest absolute Gasteiger partial charge is 0.304 e. The van der Waals surface area contributed by atoms with E-state index in [4.69, 9.17) is 13.2 Å². The van der Waals surface area contributed by atoms with Crippen LogP contribution in [0.15, 0.2) is 33.6 Å². The zero-order valence-electron chi connectivity index (χ0n) is 12.9. The van der Waals surface area contributed by atoms with Crippen LogP contribution in [0.3, 0.4) is 0 Å². The highest BCUT2D eigenvalue weighted by atomic mass is 79.9. The molecule has 1 aromatic carbocycles. The molecule has 0 N–H and O–H groups in total. The fraction of sp³-hybridized carbons (Fsp3) is 0.538. The highest BCUT2D eigenvalue weighted by Crippen LogP contribution is 2.50. The van der Waals surface area contributed by atoms with E-state index in [9.17, 15) is 13.0 Å². The average molecular weight is 415 g/mol. The van der Waals surface area contributed by atoms with Crippen LogP contribution in [0.4, 0.5) is 0 Å². The second-order valence-corrected chi connectivity index (χ2v) is 9.51. The Hall–Kier alpha value is -0.240. The van der Waals surface area contributed by atoms with Gasteiger partial charge in [0.1, 0.15) is 0 Å². The summed E-state index contributed by atoms with van der Waals surface area (Å²) in [5.74, 6) is 0. The van der Waals surface area contributed by atoms with Crippen molar-refractivity contribution in [1.82, 2.24) is 0 Å². The molecule has 0 unspecified atom stereocenters. The summed E-state index contributed by atoms with van der Waals surface area (Å²) in [5.41, 5.74) is 0. The number of hydrogen-bond donors (Lipinski definition) is 0. The number of hydrogen-bond acceptors (Lipinski definition) is 6. The molecule has 22 heavy (non-hydrogen) atoms. The molecule has 0 bridgehead atoms. The summed E-state index contributed by atoms with van der Waals surface area (Å²) >= 11 is 3.19. The molecule has 0 aliphatic carbocycles.